The summed E-state index contributed by atoms with van der Waals surface area (Å²) in [4.78, 5) is 12.1. The molecule has 0 bridgehead atoms. The third-order valence-corrected chi connectivity index (χ3v) is 3.77. The number of anilines is 1. The fourth-order valence-electron chi connectivity index (χ4n) is 1.87. The summed E-state index contributed by atoms with van der Waals surface area (Å²) < 4.78 is 5.23. The highest BCUT2D eigenvalue weighted by atomic mass is 35.5. The van der Waals surface area contributed by atoms with Crippen LogP contribution in [-0.2, 0) is 6.54 Å². The van der Waals surface area contributed by atoms with Gasteiger partial charge in [0, 0.05) is 17.7 Å². The first-order valence-electron chi connectivity index (χ1n) is 6.17. The number of nitrogens with two attached hydrogens (primary N) is 1. The van der Waals surface area contributed by atoms with E-state index in [-0.39, 0.29) is 21.6 Å². The fourth-order valence-corrected chi connectivity index (χ4v) is 2.20. The van der Waals surface area contributed by atoms with Crippen LogP contribution >= 0.6 is 23.2 Å². The van der Waals surface area contributed by atoms with Gasteiger partial charge in [-0.1, -0.05) is 41.4 Å². The third-order valence-electron chi connectivity index (χ3n) is 2.95. The summed E-state index contributed by atoms with van der Waals surface area (Å²) in [5.74, 6) is 0.428. The van der Waals surface area contributed by atoms with Crippen LogP contribution in [0.15, 0.2) is 36.4 Å². The van der Waals surface area contributed by atoms with Crippen LogP contribution in [0.5, 0.6) is 5.75 Å². The molecule has 0 saturated carbocycles. The highest BCUT2D eigenvalue weighted by molar-refractivity contribution is 6.43. The molecule has 0 aliphatic rings. The SMILES string of the molecule is COc1ccccc1CNC(=O)c1cc(N)c(Cl)c(Cl)c1. The lowest BCUT2D eigenvalue weighted by atomic mass is 10.1. The van der Waals surface area contributed by atoms with Crippen molar-refractivity contribution in [2.45, 2.75) is 6.54 Å². The van der Waals surface area contributed by atoms with Crippen LogP contribution in [0.25, 0.3) is 0 Å². The lowest BCUT2D eigenvalue weighted by molar-refractivity contribution is 0.0950. The Morgan fingerprint density at radius 3 is 2.67 bits per heavy atom. The Labute approximate surface area is 132 Å². The number of ether oxygens (including phenoxy) is 1. The van der Waals surface area contributed by atoms with E-state index < -0.39 is 0 Å². The number of carbonyl (C=O) groups excluding carboxylic acids is 1. The van der Waals surface area contributed by atoms with Gasteiger partial charge in [-0.05, 0) is 18.2 Å². The molecule has 4 nitrogen and oxygen atoms in total. The number of halogens is 2. The monoisotopic (exact) mass is 324 g/mol. The van der Waals surface area contributed by atoms with Crippen LogP contribution in [0.2, 0.25) is 10.0 Å². The summed E-state index contributed by atoms with van der Waals surface area (Å²) >= 11 is 11.8. The Kier molecular flexibility index (Phi) is 4.94. The van der Waals surface area contributed by atoms with Crippen molar-refractivity contribution in [1.82, 2.24) is 5.32 Å². The van der Waals surface area contributed by atoms with Crippen LogP contribution < -0.4 is 15.8 Å². The second-order valence-electron chi connectivity index (χ2n) is 4.36. The topological polar surface area (TPSA) is 64.3 Å². The molecule has 3 N–H and O–H groups in total. The molecule has 0 radical (unpaired) electrons. The number of para-hydroxylation sites is 1. The maximum absolute atomic E-state index is 12.1. The minimum Gasteiger partial charge on any atom is -0.496 e. The first kappa shape index (κ1) is 15.5. The van der Waals surface area contributed by atoms with E-state index in [0.29, 0.717) is 17.9 Å². The lowest BCUT2D eigenvalue weighted by Gasteiger charge is -2.10. The molecule has 0 aromatic heterocycles. The molecule has 110 valence electrons. The number of nitrogen functional groups attached to an aromatic ring is 1. The first-order chi connectivity index (χ1) is 10.0. The standard InChI is InChI=1S/C15H14Cl2N2O2/c1-21-13-5-3-2-4-9(13)8-19-15(20)10-6-11(16)14(17)12(18)7-10/h2-7H,8,18H2,1H3,(H,19,20). The quantitative estimate of drug-likeness (QED) is 0.846. The minimum atomic E-state index is -0.286. The number of rotatable bonds is 4. The van der Waals surface area contributed by atoms with Crippen molar-refractivity contribution in [3.63, 3.8) is 0 Å². The van der Waals surface area contributed by atoms with Crippen molar-refractivity contribution in [2.24, 2.45) is 0 Å². The number of benzene rings is 2. The molecule has 1 amide bonds. The Balaban J connectivity index is 2.12. The van der Waals surface area contributed by atoms with Gasteiger partial charge in [-0.25, -0.2) is 0 Å². The molecule has 2 aromatic rings. The molecule has 0 fully saturated rings. The molecule has 0 heterocycles. The normalized spacial score (nSPS) is 10.2. The second-order valence-corrected chi connectivity index (χ2v) is 5.14. The van der Waals surface area contributed by atoms with Crippen molar-refractivity contribution in [3.05, 3.63) is 57.6 Å². The van der Waals surface area contributed by atoms with Crippen molar-refractivity contribution in [1.29, 1.82) is 0 Å². The summed E-state index contributed by atoms with van der Waals surface area (Å²) in [6.45, 7) is 0.336. The predicted molar refractivity (Wildman–Crippen MR) is 85.0 cm³/mol. The molecule has 0 spiro atoms. The minimum absolute atomic E-state index is 0.248. The largest absolute Gasteiger partial charge is 0.496 e. The van der Waals surface area contributed by atoms with Gasteiger partial charge in [-0.2, -0.15) is 0 Å². The summed E-state index contributed by atoms with van der Waals surface area (Å²) in [5.41, 5.74) is 7.20. The van der Waals surface area contributed by atoms with Gasteiger partial charge in [0.2, 0.25) is 0 Å². The molecular weight excluding hydrogens is 311 g/mol. The number of methoxy groups -OCH3 is 1. The smallest absolute Gasteiger partial charge is 0.251 e. The van der Waals surface area contributed by atoms with E-state index in [1.807, 2.05) is 24.3 Å². The zero-order valence-electron chi connectivity index (χ0n) is 11.3. The zero-order valence-corrected chi connectivity index (χ0v) is 12.8. The summed E-state index contributed by atoms with van der Waals surface area (Å²) in [7, 11) is 1.58. The second kappa shape index (κ2) is 6.70. The Morgan fingerprint density at radius 2 is 2.00 bits per heavy atom. The maximum Gasteiger partial charge on any atom is 0.251 e. The van der Waals surface area contributed by atoms with E-state index in [1.165, 1.54) is 12.1 Å². The molecule has 0 aliphatic carbocycles. The van der Waals surface area contributed by atoms with Gasteiger partial charge in [0.25, 0.3) is 5.91 Å². The van der Waals surface area contributed by atoms with E-state index >= 15 is 0 Å². The van der Waals surface area contributed by atoms with E-state index in [0.717, 1.165) is 5.56 Å². The maximum atomic E-state index is 12.1. The number of amides is 1. The van der Waals surface area contributed by atoms with Gasteiger partial charge in [0.1, 0.15) is 5.75 Å². The van der Waals surface area contributed by atoms with Crippen LogP contribution in [0.1, 0.15) is 15.9 Å². The number of carbonyl (C=O) groups is 1. The molecule has 0 unspecified atom stereocenters. The van der Waals surface area contributed by atoms with E-state index in [1.54, 1.807) is 7.11 Å². The summed E-state index contributed by atoms with van der Waals surface area (Å²) in [5, 5.41) is 3.28. The highest BCUT2D eigenvalue weighted by Gasteiger charge is 2.12. The summed E-state index contributed by atoms with van der Waals surface area (Å²) in [6.07, 6.45) is 0. The van der Waals surface area contributed by atoms with Gasteiger partial charge >= 0.3 is 0 Å². The van der Waals surface area contributed by atoms with Gasteiger partial charge < -0.3 is 15.8 Å². The van der Waals surface area contributed by atoms with Crippen LogP contribution in [0.4, 0.5) is 5.69 Å². The van der Waals surface area contributed by atoms with Crippen molar-refractivity contribution in [3.8, 4) is 5.75 Å². The van der Waals surface area contributed by atoms with Gasteiger partial charge in [0.15, 0.2) is 0 Å². The Morgan fingerprint density at radius 1 is 1.29 bits per heavy atom. The highest BCUT2D eigenvalue weighted by Crippen LogP contribution is 2.29. The molecule has 2 rings (SSSR count). The number of hydrogen-bond donors (Lipinski definition) is 2. The average molecular weight is 325 g/mol. The van der Waals surface area contributed by atoms with Crippen molar-refractivity contribution in [2.75, 3.05) is 12.8 Å². The first-order valence-corrected chi connectivity index (χ1v) is 6.93. The summed E-state index contributed by atoms with van der Waals surface area (Å²) in [6, 6.07) is 10.4. The van der Waals surface area contributed by atoms with Crippen molar-refractivity contribution >= 4 is 34.8 Å². The van der Waals surface area contributed by atoms with E-state index in [9.17, 15) is 4.79 Å². The fraction of sp³-hybridized carbons (Fsp3) is 0.133. The molecule has 0 saturated heterocycles. The van der Waals surface area contributed by atoms with Crippen LogP contribution in [0.3, 0.4) is 0 Å². The van der Waals surface area contributed by atoms with Crippen LogP contribution in [0, 0.1) is 0 Å². The molecule has 21 heavy (non-hydrogen) atoms. The Bertz CT molecular complexity index is 651. The number of nitrogens with one attached hydrogen (secondary N) is 1. The van der Waals surface area contributed by atoms with Gasteiger partial charge in [-0.15, -0.1) is 0 Å². The number of hydrogen-bond acceptors (Lipinski definition) is 3. The van der Waals surface area contributed by atoms with Gasteiger partial charge in [-0.3, -0.25) is 4.79 Å². The van der Waals surface area contributed by atoms with Crippen molar-refractivity contribution < 1.29 is 9.53 Å². The molecule has 2 aromatic carbocycles. The zero-order chi connectivity index (χ0) is 15.4. The van der Waals surface area contributed by atoms with E-state index in [2.05, 4.69) is 5.32 Å². The molecule has 0 aliphatic heterocycles. The third kappa shape index (κ3) is 3.60. The molecular formula is C15H14Cl2N2O2. The van der Waals surface area contributed by atoms with Crippen LogP contribution in [-0.4, -0.2) is 13.0 Å². The average Bonchev–Trinajstić information content (AvgIpc) is 2.49. The Hall–Kier alpha value is -1.91. The molecule has 0 atom stereocenters. The van der Waals surface area contributed by atoms with Gasteiger partial charge in [0.05, 0.1) is 22.8 Å². The predicted octanol–water partition coefficient (Wildman–Crippen LogP) is 3.51. The van der Waals surface area contributed by atoms with E-state index in [4.69, 9.17) is 33.7 Å². The molecule has 6 heteroatoms. The lowest BCUT2D eigenvalue weighted by Crippen LogP contribution is -2.23.